The first kappa shape index (κ1) is 9.11. The first-order valence-corrected chi connectivity index (χ1v) is 4.62. The molecule has 0 atom stereocenters. The number of hydrogen-bond acceptors (Lipinski definition) is 1. The predicted octanol–water partition coefficient (Wildman–Crippen LogP) is 2.78. The molecule has 0 aromatic carbocycles. The van der Waals surface area contributed by atoms with E-state index in [9.17, 15) is 0 Å². The molecule has 0 heterocycles. The van der Waals surface area contributed by atoms with E-state index < -0.39 is 0 Å². The van der Waals surface area contributed by atoms with Gasteiger partial charge in [0.2, 0.25) is 0 Å². The molecule has 1 nitrogen and oxygen atoms in total. The first-order valence-electron chi connectivity index (χ1n) is 4.62. The summed E-state index contributed by atoms with van der Waals surface area (Å²) in [7, 11) is 1.95. The second-order valence-corrected chi connectivity index (χ2v) is 2.95. The van der Waals surface area contributed by atoms with E-state index in [1.165, 1.54) is 24.0 Å². The monoisotopic (exact) mass is 163 g/mol. The van der Waals surface area contributed by atoms with E-state index in [-0.39, 0.29) is 0 Å². The van der Waals surface area contributed by atoms with Gasteiger partial charge >= 0.3 is 0 Å². The van der Waals surface area contributed by atoms with E-state index in [2.05, 4.69) is 36.7 Å². The average molecular weight is 163 g/mol. The molecular formula is C11H17N. The highest BCUT2D eigenvalue weighted by Crippen LogP contribution is 2.19. The molecule has 0 aliphatic heterocycles. The zero-order chi connectivity index (χ0) is 8.81. The molecule has 0 radical (unpaired) electrons. The molecule has 12 heavy (non-hydrogen) atoms. The van der Waals surface area contributed by atoms with Crippen molar-refractivity contribution < 1.29 is 0 Å². The SMILES string of the molecule is CC/C(=C/NC)C1=CCCC=C1. The predicted molar refractivity (Wildman–Crippen MR) is 53.9 cm³/mol. The fourth-order valence-corrected chi connectivity index (χ4v) is 1.42. The van der Waals surface area contributed by atoms with Crippen molar-refractivity contribution in [3.8, 4) is 0 Å². The molecule has 0 saturated carbocycles. The molecular weight excluding hydrogens is 146 g/mol. The zero-order valence-electron chi connectivity index (χ0n) is 7.93. The minimum absolute atomic E-state index is 1.09. The van der Waals surface area contributed by atoms with E-state index in [0.717, 1.165) is 6.42 Å². The Morgan fingerprint density at radius 1 is 1.58 bits per heavy atom. The molecule has 1 N–H and O–H groups in total. The van der Waals surface area contributed by atoms with Crippen LogP contribution in [0.1, 0.15) is 26.2 Å². The lowest BCUT2D eigenvalue weighted by Gasteiger charge is -2.09. The summed E-state index contributed by atoms with van der Waals surface area (Å²) in [5.74, 6) is 0. The van der Waals surface area contributed by atoms with Crippen LogP contribution in [0.2, 0.25) is 0 Å². The van der Waals surface area contributed by atoms with Crippen LogP contribution in [0.3, 0.4) is 0 Å². The third-order valence-electron chi connectivity index (χ3n) is 2.07. The Hall–Kier alpha value is -0.980. The highest BCUT2D eigenvalue weighted by molar-refractivity contribution is 5.40. The lowest BCUT2D eigenvalue weighted by molar-refractivity contribution is 0.982. The van der Waals surface area contributed by atoms with Gasteiger partial charge in [-0.05, 0) is 36.6 Å². The van der Waals surface area contributed by atoms with Crippen molar-refractivity contribution in [2.45, 2.75) is 26.2 Å². The summed E-state index contributed by atoms with van der Waals surface area (Å²) in [5, 5.41) is 3.08. The van der Waals surface area contributed by atoms with Crippen molar-refractivity contribution in [3.05, 3.63) is 35.6 Å². The third-order valence-corrected chi connectivity index (χ3v) is 2.07. The lowest BCUT2D eigenvalue weighted by Crippen LogP contribution is -1.98. The maximum Gasteiger partial charge on any atom is 0.00278 e. The minimum Gasteiger partial charge on any atom is -0.394 e. The fraction of sp³-hybridized carbons (Fsp3) is 0.455. The zero-order valence-corrected chi connectivity index (χ0v) is 7.93. The van der Waals surface area contributed by atoms with Crippen molar-refractivity contribution in [3.63, 3.8) is 0 Å². The summed E-state index contributed by atoms with van der Waals surface area (Å²) in [6.45, 7) is 2.19. The van der Waals surface area contributed by atoms with Crippen LogP contribution in [0.25, 0.3) is 0 Å². The number of rotatable bonds is 3. The standard InChI is InChI=1S/C11H17N/c1-3-10(9-12-2)11-7-5-4-6-8-11/h5,7-9,12H,3-4,6H2,1-2H3/b10-9-. The van der Waals surface area contributed by atoms with E-state index in [0.29, 0.717) is 0 Å². The second-order valence-electron chi connectivity index (χ2n) is 2.95. The third kappa shape index (κ3) is 2.26. The quantitative estimate of drug-likeness (QED) is 0.674. The minimum atomic E-state index is 1.09. The molecule has 0 spiro atoms. The maximum atomic E-state index is 3.08. The normalized spacial score (nSPS) is 17.5. The molecule has 0 aromatic heterocycles. The van der Waals surface area contributed by atoms with Crippen molar-refractivity contribution in [1.82, 2.24) is 5.32 Å². The van der Waals surface area contributed by atoms with Gasteiger partial charge in [0.1, 0.15) is 0 Å². The first-order chi connectivity index (χ1) is 5.88. The molecule has 0 bridgehead atoms. The Bertz CT molecular complexity index is 221. The van der Waals surface area contributed by atoms with Crippen molar-refractivity contribution in [2.75, 3.05) is 7.05 Å². The van der Waals surface area contributed by atoms with Gasteiger partial charge in [0.05, 0.1) is 0 Å². The van der Waals surface area contributed by atoms with Crippen LogP contribution < -0.4 is 5.32 Å². The molecule has 1 heteroatoms. The van der Waals surface area contributed by atoms with Gasteiger partial charge in [-0.2, -0.15) is 0 Å². The summed E-state index contributed by atoms with van der Waals surface area (Å²) < 4.78 is 0. The Labute approximate surface area is 74.9 Å². The summed E-state index contributed by atoms with van der Waals surface area (Å²) in [5.41, 5.74) is 2.78. The molecule has 1 rings (SSSR count). The summed E-state index contributed by atoms with van der Waals surface area (Å²) >= 11 is 0. The van der Waals surface area contributed by atoms with E-state index >= 15 is 0 Å². The van der Waals surface area contributed by atoms with Gasteiger partial charge < -0.3 is 5.32 Å². The second kappa shape index (κ2) is 4.81. The molecule has 66 valence electrons. The van der Waals surface area contributed by atoms with E-state index in [1.807, 2.05) is 7.05 Å². The average Bonchev–Trinajstić information content (AvgIpc) is 2.15. The molecule has 0 unspecified atom stereocenters. The fourth-order valence-electron chi connectivity index (χ4n) is 1.42. The highest BCUT2D eigenvalue weighted by Gasteiger charge is 2.01. The van der Waals surface area contributed by atoms with Crippen LogP contribution in [-0.4, -0.2) is 7.05 Å². The highest BCUT2D eigenvalue weighted by atomic mass is 14.8. The van der Waals surface area contributed by atoms with Gasteiger partial charge in [0, 0.05) is 7.05 Å². The smallest absolute Gasteiger partial charge is 0.00278 e. The summed E-state index contributed by atoms with van der Waals surface area (Å²) in [6.07, 6.45) is 12.3. The molecule has 1 aliphatic carbocycles. The van der Waals surface area contributed by atoms with Crippen LogP contribution in [0.15, 0.2) is 35.6 Å². The number of nitrogens with one attached hydrogen (secondary N) is 1. The Balaban J connectivity index is 2.71. The molecule has 0 aromatic rings. The van der Waals surface area contributed by atoms with E-state index in [1.54, 1.807) is 0 Å². The van der Waals surface area contributed by atoms with Crippen molar-refractivity contribution in [1.29, 1.82) is 0 Å². The summed E-state index contributed by atoms with van der Waals surface area (Å²) in [4.78, 5) is 0. The maximum absolute atomic E-state index is 3.08. The largest absolute Gasteiger partial charge is 0.394 e. The Morgan fingerprint density at radius 3 is 2.92 bits per heavy atom. The Morgan fingerprint density at radius 2 is 2.42 bits per heavy atom. The van der Waals surface area contributed by atoms with Gasteiger partial charge in [0.25, 0.3) is 0 Å². The molecule has 0 fully saturated rings. The van der Waals surface area contributed by atoms with Crippen LogP contribution in [0.4, 0.5) is 0 Å². The summed E-state index contributed by atoms with van der Waals surface area (Å²) in [6, 6.07) is 0. The molecule has 0 amide bonds. The van der Waals surface area contributed by atoms with Crippen LogP contribution in [0.5, 0.6) is 0 Å². The molecule has 1 aliphatic rings. The number of hydrogen-bond donors (Lipinski definition) is 1. The number of allylic oxidation sites excluding steroid dienone is 5. The van der Waals surface area contributed by atoms with Gasteiger partial charge in [-0.15, -0.1) is 0 Å². The van der Waals surface area contributed by atoms with Crippen LogP contribution >= 0.6 is 0 Å². The van der Waals surface area contributed by atoms with E-state index in [4.69, 9.17) is 0 Å². The van der Waals surface area contributed by atoms with Crippen LogP contribution in [0, 0.1) is 0 Å². The molecule has 0 saturated heterocycles. The van der Waals surface area contributed by atoms with Crippen molar-refractivity contribution in [2.24, 2.45) is 0 Å². The topological polar surface area (TPSA) is 12.0 Å². The van der Waals surface area contributed by atoms with Gasteiger partial charge in [-0.1, -0.05) is 25.2 Å². The van der Waals surface area contributed by atoms with Gasteiger partial charge in [-0.3, -0.25) is 0 Å². The van der Waals surface area contributed by atoms with Gasteiger partial charge in [0.15, 0.2) is 0 Å². The Kier molecular flexibility index (Phi) is 3.65. The lowest BCUT2D eigenvalue weighted by atomic mass is 9.99. The van der Waals surface area contributed by atoms with Crippen molar-refractivity contribution >= 4 is 0 Å². The van der Waals surface area contributed by atoms with Crippen LogP contribution in [-0.2, 0) is 0 Å². The van der Waals surface area contributed by atoms with Gasteiger partial charge in [-0.25, -0.2) is 0 Å².